The number of anilines is 1. The molecule has 3 nitrogen and oxygen atoms in total. The Kier molecular flexibility index (Phi) is 3.96. The first-order valence-electron chi connectivity index (χ1n) is 7.52. The van der Waals surface area contributed by atoms with Gasteiger partial charge in [0.2, 0.25) is 5.91 Å². The monoisotopic (exact) mass is 292 g/mol. The first-order chi connectivity index (χ1) is 10.6. The van der Waals surface area contributed by atoms with Gasteiger partial charge in [-0.15, -0.1) is 0 Å². The van der Waals surface area contributed by atoms with Crippen molar-refractivity contribution in [3.63, 3.8) is 0 Å². The lowest BCUT2D eigenvalue weighted by Crippen LogP contribution is -2.12. The number of carbonyl (C=O) groups excluding carboxylic acids is 1. The van der Waals surface area contributed by atoms with Gasteiger partial charge in [0, 0.05) is 30.9 Å². The topological polar surface area (TPSA) is 34.0 Å². The highest BCUT2D eigenvalue weighted by atomic mass is 16.1. The van der Waals surface area contributed by atoms with Crippen molar-refractivity contribution in [2.24, 2.45) is 7.05 Å². The molecule has 3 heteroatoms. The molecular formula is C19H20N2O. The Balaban J connectivity index is 1.62. The molecule has 1 N–H and O–H groups in total. The van der Waals surface area contributed by atoms with Crippen LogP contribution in [0.3, 0.4) is 0 Å². The van der Waals surface area contributed by atoms with Gasteiger partial charge < -0.3 is 9.88 Å². The number of nitrogens with one attached hydrogen (secondary N) is 1. The molecule has 1 heterocycles. The molecule has 0 radical (unpaired) electrons. The van der Waals surface area contributed by atoms with Crippen LogP contribution in [0.25, 0.3) is 10.9 Å². The molecule has 0 atom stereocenters. The molecule has 0 spiro atoms. The van der Waals surface area contributed by atoms with Gasteiger partial charge in [-0.3, -0.25) is 4.79 Å². The van der Waals surface area contributed by atoms with Crippen LogP contribution in [0.2, 0.25) is 0 Å². The van der Waals surface area contributed by atoms with Crippen LogP contribution in [0, 0.1) is 6.92 Å². The molecule has 0 aliphatic carbocycles. The van der Waals surface area contributed by atoms with Crippen molar-refractivity contribution >= 4 is 22.5 Å². The first kappa shape index (κ1) is 14.4. The zero-order valence-electron chi connectivity index (χ0n) is 13.0. The Morgan fingerprint density at radius 1 is 1.09 bits per heavy atom. The maximum absolute atomic E-state index is 12.0. The third-order valence-electron chi connectivity index (χ3n) is 3.93. The van der Waals surface area contributed by atoms with E-state index in [2.05, 4.69) is 40.3 Å². The molecular weight excluding hydrogens is 272 g/mol. The van der Waals surface area contributed by atoms with Crippen molar-refractivity contribution in [2.75, 3.05) is 5.32 Å². The number of hydrogen-bond donors (Lipinski definition) is 1. The summed E-state index contributed by atoms with van der Waals surface area (Å²) in [6.07, 6.45) is 3.29. The van der Waals surface area contributed by atoms with Crippen LogP contribution < -0.4 is 5.32 Å². The van der Waals surface area contributed by atoms with Crippen molar-refractivity contribution in [1.29, 1.82) is 0 Å². The number of aromatic nitrogens is 1. The molecule has 22 heavy (non-hydrogen) atoms. The van der Waals surface area contributed by atoms with Crippen molar-refractivity contribution in [3.05, 3.63) is 65.9 Å². The molecule has 1 aromatic heterocycles. The second-order valence-electron chi connectivity index (χ2n) is 5.73. The summed E-state index contributed by atoms with van der Waals surface area (Å²) in [5.74, 6) is 0.0517. The van der Waals surface area contributed by atoms with E-state index in [0.29, 0.717) is 6.42 Å². The highest BCUT2D eigenvalue weighted by Gasteiger charge is 2.05. The zero-order chi connectivity index (χ0) is 15.5. The Labute approximate surface area is 130 Å². The Bertz CT molecular complexity index is 800. The minimum Gasteiger partial charge on any atom is -0.351 e. The van der Waals surface area contributed by atoms with E-state index in [1.165, 1.54) is 22.0 Å². The van der Waals surface area contributed by atoms with Gasteiger partial charge >= 0.3 is 0 Å². The number of hydrogen-bond acceptors (Lipinski definition) is 1. The van der Waals surface area contributed by atoms with E-state index in [1.54, 1.807) is 0 Å². The van der Waals surface area contributed by atoms with E-state index in [-0.39, 0.29) is 5.91 Å². The molecule has 112 valence electrons. The summed E-state index contributed by atoms with van der Waals surface area (Å²) in [5, 5.41) is 4.17. The van der Waals surface area contributed by atoms with Crippen LogP contribution in [0.4, 0.5) is 5.69 Å². The molecule has 1 amide bonds. The minimum atomic E-state index is 0.0517. The predicted molar refractivity (Wildman–Crippen MR) is 91.0 cm³/mol. The van der Waals surface area contributed by atoms with Gasteiger partial charge in [-0.2, -0.15) is 0 Å². The molecule has 0 bridgehead atoms. The number of nitrogens with zero attached hydrogens (tertiary/aromatic N) is 1. The lowest BCUT2D eigenvalue weighted by atomic mass is 10.1. The maximum Gasteiger partial charge on any atom is 0.224 e. The van der Waals surface area contributed by atoms with Gasteiger partial charge in [0.25, 0.3) is 0 Å². The number of benzene rings is 2. The minimum absolute atomic E-state index is 0.0517. The van der Waals surface area contributed by atoms with Gasteiger partial charge in [0.05, 0.1) is 0 Å². The molecule has 0 saturated heterocycles. The van der Waals surface area contributed by atoms with Crippen molar-refractivity contribution in [2.45, 2.75) is 19.8 Å². The van der Waals surface area contributed by atoms with Gasteiger partial charge in [-0.25, -0.2) is 0 Å². The van der Waals surface area contributed by atoms with Crippen molar-refractivity contribution in [3.8, 4) is 0 Å². The fourth-order valence-corrected chi connectivity index (χ4v) is 2.58. The van der Waals surface area contributed by atoms with Crippen LogP contribution in [0.15, 0.2) is 54.7 Å². The highest BCUT2D eigenvalue weighted by Crippen LogP contribution is 2.18. The normalized spacial score (nSPS) is 10.8. The SMILES string of the molecule is Cc1ccc(NC(=O)CCc2ccc3ccn(C)c3c2)cc1. The second-order valence-corrected chi connectivity index (χ2v) is 5.73. The average molecular weight is 292 g/mol. The van der Waals surface area contributed by atoms with E-state index < -0.39 is 0 Å². The third kappa shape index (κ3) is 3.19. The number of fused-ring (bicyclic) bond motifs is 1. The average Bonchev–Trinajstić information content (AvgIpc) is 2.89. The molecule has 3 aromatic rings. The number of rotatable bonds is 4. The quantitative estimate of drug-likeness (QED) is 0.773. The largest absolute Gasteiger partial charge is 0.351 e. The Hall–Kier alpha value is -2.55. The third-order valence-corrected chi connectivity index (χ3v) is 3.93. The van der Waals surface area contributed by atoms with Gasteiger partial charge in [0.1, 0.15) is 0 Å². The van der Waals surface area contributed by atoms with Crippen LogP contribution in [-0.2, 0) is 18.3 Å². The van der Waals surface area contributed by atoms with Gasteiger partial charge in [0.15, 0.2) is 0 Å². The fraction of sp³-hybridized carbons (Fsp3) is 0.211. The highest BCUT2D eigenvalue weighted by molar-refractivity contribution is 5.91. The fourth-order valence-electron chi connectivity index (χ4n) is 2.58. The standard InChI is InChI=1S/C19H20N2O/c1-14-3-8-17(9-4-14)20-19(22)10-6-15-5-7-16-11-12-21(2)18(16)13-15/h3-5,7-9,11-13H,6,10H2,1-2H3,(H,20,22). The predicted octanol–water partition coefficient (Wildman–Crippen LogP) is 4.06. The number of aryl methyl sites for hydroxylation is 3. The molecule has 0 unspecified atom stereocenters. The summed E-state index contributed by atoms with van der Waals surface area (Å²) in [6.45, 7) is 2.03. The lowest BCUT2D eigenvalue weighted by molar-refractivity contribution is -0.116. The molecule has 0 fully saturated rings. The van der Waals surface area contributed by atoms with E-state index in [1.807, 2.05) is 38.2 Å². The summed E-state index contributed by atoms with van der Waals surface area (Å²) in [7, 11) is 2.04. The first-order valence-corrected chi connectivity index (χ1v) is 7.52. The summed E-state index contributed by atoms with van der Waals surface area (Å²) >= 11 is 0. The van der Waals surface area contributed by atoms with E-state index in [4.69, 9.17) is 0 Å². The van der Waals surface area contributed by atoms with Crippen molar-refractivity contribution < 1.29 is 4.79 Å². The van der Waals surface area contributed by atoms with Crippen LogP contribution in [0.5, 0.6) is 0 Å². The maximum atomic E-state index is 12.0. The number of carbonyl (C=O) groups is 1. The number of amides is 1. The molecule has 3 rings (SSSR count). The van der Waals surface area contributed by atoms with Crippen LogP contribution >= 0.6 is 0 Å². The summed E-state index contributed by atoms with van der Waals surface area (Å²) in [4.78, 5) is 12.0. The van der Waals surface area contributed by atoms with Crippen LogP contribution in [0.1, 0.15) is 17.5 Å². The van der Waals surface area contributed by atoms with E-state index in [0.717, 1.165) is 12.1 Å². The zero-order valence-corrected chi connectivity index (χ0v) is 13.0. The lowest BCUT2D eigenvalue weighted by Gasteiger charge is -2.06. The van der Waals surface area contributed by atoms with Crippen LogP contribution in [-0.4, -0.2) is 10.5 Å². The van der Waals surface area contributed by atoms with Gasteiger partial charge in [-0.05, 0) is 48.6 Å². The molecule has 0 aliphatic rings. The Morgan fingerprint density at radius 2 is 1.86 bits per heavy atom. The summed E-state index contributed by atoms with van der Waals surface area (Å²) < 4.78 is 2.10. The van der Waals surface area contributed by atoms with Gasteiger partial charge in [-0.1, -0.05) is 29.8 Å². The van der Waals surface area contributed by atoms with E-state index in [9.17, 15) is 4.79 Å². The summed E-state index contributed by atoms with van der Waals surface area (Å²) in [5.41, 5.74) is 4.44. The molecule has 2 aromatic carbocycles. The Morgan fingerprint density at radius 3 is 2.64 bits per heavy atom. The van der Waals surface area contributed by atoms with Crippen molar-refractivity contribution in [1.82, 2.24) is 4.57 Å². The molecule has 0 aliphatic heterocycles. The summed E-state index contributed by atoms with van der Waals surface area (Å²) in [6, 6.07) is 16.3. The van der Waals surface area contributed by atoms with E-state index >= 15 is 0 Å². The smallest absolute Gasteiger partial charge is 0.224 e. The molecule has 0 saturated carbocycles. The second kappa shape index (κ2) is 6.06.